The first kappa shape index (κ1) is 13.5. The van der Waals surface area contributed by atoms with Crippen molar-refractivity contribution in [3.63, 3.8) is 0 Å². The maximum Gasteiger partial charge on any atom is 0.237 e. The Morgan fingerprint density at radius 3 is 2.59 bits per heavy atom. The Labute approximate surface area is 102 Å². The molecular formula is C13H20N2O2. The van der Waals surface area contributed by atoms with E-state index in [1.54, 1.807) is 0 Å². The van der Waals surface area contributed by atoms with E-state index >= 15 is 0 Å². The number of hydrogen-bond donors (Lipinski definition) is 2. The van der Waals surface area contributed by atoms with E-state index in [0.29, 0.717) is 13.2 Å². The average Bonchev–Trinajstić information content (AvgIpc) is 2.34. The SMILES string of the molecule is CC(C)[C@@H](N)C(=O)NCCOc1ccccc1. The Morgan fingerprint density at radius 1 is 1.35 bits per heavy atom. The molecule has 1 rings (SSSR count). The summed E-state index contributed by atoms with van der Waals surface area (Å²) < 4.78 is 5.44. The summed E-state index contributed by atoms with van der Waals surface area (Å²) in [6.07, 6.45) is 0. The third-order valence-electron chi connectivity index (χ3n) is 2.43. The molecule has 0 radical (unpaired) electrons. The molecule has 1 aromatic rings. The predicted octanol–water partition coefficient (Wildman–Crippen LogP) is 1.16. The van der Waals surface area contributed by atoms with E-state index < -0.39 is 6.04 Å². The number of carbonyl (C=O) groups excluding carboxylic acids is 1. The first-order chi connectivity index (χ1) is 8.11. The maximum absolute atomic E-state index is 11.5. The van der Waals surface area contributed by atoms with Crippen LogP contribution in [0.2, 0.25) is 0 Å². The highest BCUT2D eigenvalue weighted by atomic mass is 16.5. The van der Waals surface area contributed by atoms with Gasteiger partial charge < -0.3 is 15.8 Å². The fraction of sp³-hybridized carbons (Fsp3) is 0.462. The molecule has 0 aromatic heterocycles. The standard InChI is InChI=1S/C13H20N2O2/c1-10(2)12(14)13(16)15-8-9-17-11-6-4-3-5-7-11/h3-7,10,12H,8-9,14H2,1-2H3,(H,15,16)/t12-/m1/s1. The molecule has 0 saturated heterocycles. The number of amides is 1. The highest BCUT2D eigenvalue weighted by Crippen LogP contribution is 2.07. The summed E-state index contributed by atoms with van der Waals surface area (Å²) in [4.78, 5) is 11.5. The number of nitrogens with one attached hydrogen (secondary N) is 1. The smallest absolute Gasteiger partial charge is 0.237 e. The van der Waals surface area contributed by atoms with Crippen LogP contribution >= 0.6 is 0 Å². The lowest BCUT2D eigenvalue weighted by Crippen LogP contribution is -2.45. The minimum absolute atomic E-state index is 0.128. The topological polar surface area (TPSA) is 64.4 Å². The van der Waals surface area contributed by atoms with Crippen molar-refractivity contribution in [2.24, 2.45) is 11.7 Å². The number of para-hydroxylation sites is 1. The average molecular weight is 236 g/mol. The van der Waals surface area contributed by atoms with E-state index in [1.165, 1.54) is 0 Å². The molecule has 1 aromatic carbocycles. The van der Waals surface area contributed by atoms with Gasteiger partial charge in [0.1, 0.15) is 12.4 Å². The molecule has 94 valence electrons. The highest BCUT2D eigenvalue weighted by Gasteiger charge is 2.16. The normalized spacial score (nSPS) is 12.2. The van der Waals surface area contributed by atoms with Crippen LogP contribution < -0.4 is 15.8 Å². The molecule has 0 bridgehead atoms. The van der Waals surface area contributed by atoms with Crippen LogP contribution in [-0.2, 0) is 4.79 Å². The summed E-state index contributed by atoms with van der Waals surface area (Å²) in [5.41, 5.74) is 5.70. The second kappa shape index (κ2) is 6.91. The van der Waals surface area contributed by atoms with Gasteiger partial charge in [0, 0.05) is 0 Å². The molecule has 0 saturated carbocycles. The van der Waals surface area contributed by atoms with Gasteiger partial charge in [0.05, 0.1) is 12.6 Å². The van der Waals surface area contributed by atoms with Crippen LogP contribution in [0.1, 0.15) is 13.8 Å². The van der Waals surface area contributed by atoms with Gasteiger partial charge in [-0.3, -0.25) is 4.79 Å². The van der Waals surface area contributed by atoms with Gasteiger partial charge in [-0.15, -0.1) is 0 Å². The number of carbonyl (C=O) groups is 1. The van der Waals surface area contributed by atoms with Crippen molar-refractivity contribution >= 4 is 5.91 Å². The second-order valence-electron chi connectivity index (χ2n) is 4.22. The van der Waals surface area contributed by atoms with Gasteiger partial charge in [0.15, 0.2) is 0 Å². The quantitative estimate of drug-likeness (QED) is 0.729. The Bertz CT molecular complexity index is 339. The Morgan fingerprint density at radius 2 is 2.00 bits per heavy atom. The van der Waals surface area contributed by atoms with Gasteiger partial charge in [-0.1, -0.05) is 32.0 Å². The van der Waals surface area contributed by atoms with Crippen LogP contribution in [0, 0.1) is 5.92 Å². The zero-order chi connectivity index (χ0) is 12.7. The van der Waals surface area contributed by atoms with Gasteiger partial charge in [0.2, 0.25) is 5.91 Å². The van der Waals surface area contributed by atoms with E-state index in [4.69, 9.17) is 10.5 Å². The molecule has 0 unspecified atom stereocenters. The first-order valence-corrected chi connectivity index (χ1v) is 5.82. The first-order valence-electron chi connectivity index (χ1n) is 5.82. The van der Waals surface area contributed by atoms with Crippen molar-refractivity contribution in [2.45, 2.75) is 19.9 Å². The number of benzene rings is 1. The molecule has 17 heavy (non-hydrogen) atoms. The van der Waals surface area contributed by atoms with Gasteiger partial charge in [-0.25, -0.2) is 0 Å². The van der Waals surface area contributed by atoms with E-state index in [-0.39, 0.29) is 11.8 Å². The van der Waals surface area contributed by atoms with Gasteiger partial charge in [-0.05, 0) is 18.1 Å². The fourth-order valence-corrected chi connectivity index (χ4v) is 1.28. The zero-order valence-corrected chi connectivity index (χ0v) is 10.3. The number of nitrogens with two attached hydrogens (primary N) is 1. The summed E-state index contributed by atoms with van der Waals surface area (Å²) in [7, 11) is 0. The highest BCUT2D eigenvalue weighted by molar-refractivity contribution is 5.81. The zero-order valence-electron chi connectivity index (χ0n) is 10.3. The monoisotopic (exact) mass is 236 g/mol. The van der Waals surface area contributed by atoms with Crippen LogP contribution in [0.25, 0.3) is 0 Å². The summed E-state index contributed by atoms with van der Waals surface area (Å²) in [6.45, 7) is 4.75. The van der Waals surface area contributed by atoms with Crippen LogP contribution in [-0.4, -0.2) is 25.1 Å². The third kappa shape index (κ3) is 4.87. The van der Waals surface area contributed by atoms with Crippen LogP contribution in [0.5, 0.6) is 5.75 Å². The molecule has 0 heterocycles. The second-order valence-corrected chi connectivity index (χ2v) is 4.22. The lowest BCUT2D eigenvalue weighted by molar-refractivity contribution is -0.123. The molecule has 1 amide bonds. The lowest BCUT2D eigenvalue weighted by Gasteiger charge is -2.15. The van der Waals surface area contributed by atoms with Crippen LogP contribution in [0.15, 0.2) is 30.3 Å². The fourth-order valence-electron chi connectivity index (χ4n) is 1.28. The largest absolute Gasteiger partial charge is 0.492 e. The third-order valence-corrected chi connectivity index (χ3v) is 2.43. The number of ether oxygens (including phenoxy) is 1. The van der Waals surface area contributed by atoms with Gasteiger partial charge >= 0.3 is 0 Å². The number of rotatable bonds is 6. The molecule has 1 atom stereocenters. The lowest BCUT2D eigenvalue weighted by atomic mass is 10.1. The predicted molar refractivity (Wildman–Crippen MR) is 67.8 cm³/mol. The summed E-state index contributed by atoms with van der Waals surface area (Å²) in [6, 6.07) is 9.04. The maximum atomic E-state index is 11.5. The Hall–Kier alpha value is -1.55. The van der Waals surface area contributed by atoms with E-state index in [2.05, 4.69) is 5.32 Å². The molecule has 3 N–H and O–H groups in total. The van der Waals surface area contributed by atoms with Crippen molar-refractivity contribution in [2.75, 3.05) is 13.2 Å². The number of hydrogen-bond acceptors (Lipinski definition) is 3. The van der Waals surface area contributed by atoms with Crippen LogP contribution in [0.3, 0.4) is 0 Å². The molecule has 0 aliphatic rings. The Kier molecular flexibility index (Phi) is 5.49. The molecular weight excluding hydrogens is 216 g/mol. The molecule has 0 spiro atoms. The van der Waals surface area contributed by atoms with Crippen molar-refractivity contribution in [1.82, 2.24) is 5.32 Å². The van der Waals surface area contributed by atoms with Crippen molar-refractivity contribution in [3.05, 3.63) is 30.3 Å². The molecule has 0 fully saturated rings. The minimum Gasteiger partial charge on any atom is -0.492 e. The molecule has 0 aliphatic carbocycles. The van der Waals surface area contributed by atoms with Crippen molar-refractivity contribution in [3.8, 4) is 5.75 Å². The molecule has 4 nitrogen and oxygen atoms in total. The van der Waals surface area contributed by atoms with Gasteiger partial charge in [-0.2, -0.15) is 0 Å². The van der Waals surface area contributed by atoms with Crippen molar-refractivity contribution in [1.29, 1.82) is 0 Å². The van der Waals surface area contributed by atoms with Crippen molar-refractivity contribution < 1.29 is 9.53 Å². The molecule has 4 heteroatoms. The summed E-state index contributed by atoms with van der Waals surface area (Å²) in [5.74, 6) is 0.816. The van der Waals surface area contributed by atoms with Gasteiger partial charge in [0.25, 0.3) is 0 Å². The summed E-state index contributed by atoms with van der Waals surface area (Å²) in [5, 5.41) is 2.75. The van der Waals surface area contributed by atoms with E-state index in [0.717, 1.165) is 5.75 Å². The minimum atomic E-state index is -0.452. The van der Waals surface area contributed by atoms with E-state index in [1.807, 2.05) is 44.2 Å². The Balaban J connectivity index is 2.18. The summed E-state index contributed by atoms with van der Waals surface area (Å²) >= 11 is 0. The van der Waals surface area contributed by atoms with Crippen LogP contribution in [0.4, 0.5) is 0 Å². The molecule has 0 aliphatic heterocycles. The van der Waals surface area contributed by atoms with E-state index in [9.17, 15) is 4.79 Å².